The molecule has 1 aliphatic rings. The third-order valence-electron chi connectivity index (χ3n) is 2.63. The fraction of sp³-hybridized carbons (Fsp3) is 0.615. The molecule has 0 aromatic rings. The summed E-state index contributed by atoms with van der Waals surface area (Å²) >= 11 is 3.53. The molecular weight excluding hydrogens is 252 g/mol. The van der Waals surface area contributed by atoms with Crippen LogP contribution in [0.15, 0.2) is 22.2 Å². The smallest absolute Gasteiger partial charge is 0.159 e. The predicted molar refractivity (Wildman–Crippen MR) is 68.0 cm³/mol. The molecule has 1 nitrogen and oxygen atoms in total. The summed E-state index contributed by atoms with van der Waals surface area (Å²) in [5, 5.41) is 0. The van der Waals surface area contributed by atoms with Gasteiger partial charge >= 0.3 is 0 Å². The summed E-state index contributed by atoms with van der Waals surface area (Å²) in [7, 11) is 0. The Balaban J connectivity index is 2.44. The maximum atomic E-state index is 11.5. The van der Waals surface area contributed by atoms with E-state index in [0.717, 1.165) is 22.9 Å². The zero-order chi connectivity index (χ0) is 11.3. The maximum Gasteiger partial charge on any atom is 0.159 e. The third kappa shape index (κ3) is 4.33. The Labute approximate surface area is 101 Å². The van der Waals surface area contributed by atoms with Gasteiger partial charge in [0.25, 0.3) is 0 Å². The number of halogens is 1. The largest absolute Gasteiger partial charge is 0.295 e. The Hall–Kier alpha value is -0.370. The van der Waals surface area contributed by atoms with Crippen LogP contribution in [0.4, 0.5) is 0 Å². The monoisotopic (exact) mass is 270 g/mol. The lowest BCUT2D eigenvalue weighted by Gasteiger charge is -1.99. The number of Topliss-reactive ketones (excluding diaryl/α,β-unsaturated/α-hetero) is 1. The zero-order valence-corrected chi connectivity index (χ0v) is 11.1. The molecule has 84 valence electrons. The Morgan fingerprint density at radius 2 is 2.40 bits per heavy atom. The lowest BCUT2D eigenvalue weighted by atomic mass is 10.1. The van der Waals surface area contributed by atoms with Gasteiger partial charge in [0.15, 0.2) is 5.78 Å². The lowest BCUT2D eigenvalue weighted by molar-refractivity contribution is -0.115. The molecule has 0 radical (unpaired) electrons. The first kappa shape index (κ1) is 12.7. The van der Waals surface area contributed by atoms with E-state index in [4.69, 9.17) is 0 Å². The average Bonchev–Trinajstić information content (AvgIpc) is 2.45. The minimum absolute atomic E-state index is 0.323. The van der Waals surface area contributed by atoms with Gasteiger partial charge < -0.3 is 0 Å². The van der Waals surface area contributed by atoms with E-state index in [1.54, 1.807) is 0 Å². The van der Waals surface area contributed by atoms with Gasteiger partial charge in [0.2, 0.25) is 0 Å². The van der Waals surface area contributed by atoms with Crippen LogP contribution in [0.3, 0.4) is 0 Å². The first-order chi connectivity index (χ1) is 7.13. The fourth-order valence-corrected chi connectivity index (χ4v) is 2.32. The summed E-state index contributed by atoms with van der Waals surface area (Å²) in [5.41, 5.74) is 0.988. The Bertz CT molecular complexity index is 289. The second-order valence-corrected chi connectivity index (χ2v) is 5.29. The van der Waals surface area contributed by atoms with Crippen molar-refractivity contribution < 1.29 is 4.79 Å². The van der Waals surface area contributed by atoms with Crippen LogP contribution >= 0.6 is 15.9 Å². The van der Waals surface area contributed by atoms with Crippen molar-refractivity contribution in [2.75, 3.05) is 0 Å². The summed E-state index contributed by atoms with van der Waals surface area (Å²) in [4.78, 5) is 11.5. The summed E-state index contributed by atoms with van der Waals surface area (Å²) in [6.07, 6.45) is 9.33. The van der Waals surface area contributed by atoms with Crippen molar-refractivity contribution >= 4 is 21.7 Å². The van der Waals surface area contributed by atoms with Gasteiger partial charge in [-0.25, -0.2) is 0 Å². The van der Waals surface area contributed by atoms with E-state index in [1.807, 2.05) is 0 Å². The molecule has 15 heavy (non-hydrogen) atoms. The molecule has 0 aromatic carbocycles. The van der Waals surface area contributed by atoms with E-state index >= 15 is 0 Å². The van der Waals surface area contributed by atoms with Crippen molar-refractivity contribution in [1.29, 1.82) is 0 Å². The van der Waals surface area contributed by atoms with Gasteiger partial charge in [0.05, 0.1) is 0 Å². The van der Waals surface area contributed by atoms with Crippen molar-refractivity contribution in [3.8, 4) is 0 Å². The SMILES string of the molecule is CCCC/C=C(\Br)CC1=C[C@H](C)CC1=O. The predicted octanol–water partition coefficient (Wildman–Crippen LogP) is 4.38. The van der Waals surface area contributed by atoms with Gasteiger partial charge in [-0.3, -0.25) is 4.79 Å². The van der Waals surface area contributed by atoms with Crippen molar-refractivity contribution in [3.05, 3.63) is 22.2 Å². The highest BCUT2D eigenvalue weighted by molar-refractivity contribution is 9.11. The molecule has 0 unspecified atom stereocenters. The molecule has 0 heterocycles. The summed E-state index contributed by atoms with van der Waals surface area (Å²) in [6, 6.07) is 0. The van der Waals surface area contributed by atoms with Crippen LogP contribution in [0.25, 0.3) is 0 Å². The molecule has 1 atom stereocenters. The molecule has 1 rings (SSSR count). The van der Waals surface area contributed by atoms with Crippen molar-refractivity contribution in [2.24, 2.45) is 5.92 Å². The van der Waals surface area contributed by atoms with Crippen LogP contribution in [-0.2, 0) is 4.79 Å². The number of carbonyl (C=O) groups is 1. The molecular formula is C13H19BrO. The molecule has 0 bridgehead atoms. The molecule has 0 aromatic heterocycles. The normalized spacial score (nSPS) is 22.1. The summed E-state index contributed by atoms with van der Waals surface area (Å²) in [5.74, 6) is 0.756. The van der Waals surface area contributed by atoms with Crippen LogP contribution in [0, 0.1) is 5.92 Å². The minimum atomic E-state index is 0.323. The van der Waals surface area contributed by atoms with Gasteiger partial charge in [-0.15, -0.1) is 0 Å². The van der Waals surface area contributed by atoms with E-state index in [1.165, 1.54) is 12.8 Å². The summed E-state index contributed by atoms with van der Waals surface area (Å²) < 4.78 is 1.16. The van der Waals surface area contributed by atoms with E-state index in [2.05, 4.69) is 41.9 Å². The number of ketones is 1. The van der Waals surface area contributed by atoms with Crippen molar-refractivity contribution in [3.63, 3.8) is 0 Å². The van der Waals surface area contributed by atoms with E-state index in [-0.39, 0.29) is 0 Å². The highest BCUT2D eigenvalue weighted by atomic mass is 79.9. The number of unbranched alkanes of at least 4 members (excludes halogenated alkanes) is 2. The third-order valence-corrected chi connectivity index (χ3v) is 3.24. The number of carbonyl (C=O) groups excluding carboxylic acids is 1. The van der Waals surface area contributed by atoms with Gasteiger partial charge in [-0.05, 0) is 22.4 Å². The van der Waals surface area contributed by atoms with Crippen LogP contribution in [0.1, 0.15) is 46.0 Å². The Kier molecular flexibility index (Phi) is 5.30. The number of rotatable bonds is 5. The molecule has 1 aliphatic carbocycles. The first-order valence-electron chi connectivity index (χ1n) is 5.72. The number of hydrogen-bond donors (Lipinski definition) is 0. The second-order valence-electron chi connectivity index (χ2n) is 4.27. The number of hydrogen-bond acceptors (Lipinski definition) is 1. The van der Waals surface area contributed by atoms with Gasteiger partial charge in [0, 0.05) is 12.8 Å². The molecule has 2 heteroatoms. The number of allylic oxidation sites excluding steroid dienone is 4. The fourth-order valence-electron chi connectivity index (χ4n) is 1.79. The lowest BCUT2D eigenvalue weighted by Crippen LogP contribution is -1.96. The zero-order valence-electron chi connectivity index (χ0n) is 9.55. The van der Waals surface area contributed by atoms with Crippen molar-refractivity contribution in [1.82, 2.24) is 0 Å². The van der Waals surface area contributed by atoms with Crippen LogP contribution in [0.5, 0.6) is 0 Å². The molecule has 0 N–H and O–H groups in total. The van der Waals surface area contributed by atoms with Gasteiger partial charge in [0.1, 0.15) is 0 Å². The minimum Gasteiger partial charge on any atom is -0.295 e. The quantitative estimate of drug-likeness (QED) is 0.678. The second kappa shape index (κ2) is 6.26. The molecule has 0 aliphatic heterocycles. The molecule has 0 saturated heterocycles. The maximum absolute atomic E-state index is 11.5. The van der Waals surface area contributed by atoms with E-state index in [0.29, 0.717) is 18.1 Å². The van der Waals surface area contributed by atoms with Crippen LogP contribution < -0.4 is 0 Å². The standard InChI is InChI=1S/C13H19BrO/c1-3-4-5-6-12(14)9-11-7-10(2)8-13(11)15/h6-7,10H,3-5,8-9H2,1-2H3/b12-6-/t10-/m0/s1. The van der Waals surface area contributed by atoms with Crippen LogP contribution in [0.2, 0.25) is 0 Å². The van der Waals surface area contributed by atoms with Crippen LogP contribution in [-0.4, -0.2) is 5.78 Å². The first-order valence-corrected chi connectivity index (χ1v) is 6.51. The highest BCUT2D eigenvalue weighted by Gasteiger charge is 2.20. The van der Waals surface area contributed by atoms with E-state index < -0.39 is 0 Å². The van der Waals surface area contributed by atoms with E-state index in [9.17, 15) is 4.79 Å². The molecule has 0 amide bonds. The van der Waals surface area contributed by atoms with Crippen molar-refractivity contribution in [2.45, 2.75) is 46.0 Å². The molecule has 0 saturated carbocycles. The Morgan fingerprint density at radius 3 is 2.93 bits per heavy atom. The topological polar surface area (TPSA) is 17.1 Å². The molecule has 0 fully saturated rings. The molecule has 0 spiro atoms. The van der Waals surface area contributed by atoms with Gasteiger partial charge in [-0.1, -0.05) is 54.8 Å². The Morgan fingerprint density at radius 1 is 1.67 bits per heavy atom. The highest BCUT2D eigenvalue weighted by Crippen LogP contribution is 2.27. The van der Waals surface area contributed by atoms with Gasteiger partial charge in [-0.2, -0.15) is 0 Å². The summed E-state index contributed by atoms with van der Waals surface area (Å²) in [6.45, 7) is 4.28. The average molecular weight is 271 g/mol.